The number of pyridine rings is 8. The van der Waals surface area contributed by atoms with E-state index in [-0.39, 0.29) is 99.3 Å². The third-order valence-electron chi connectivity index (χ3n) is 24.1. The minimum absolute atomic E-state index is 0.0498. The number of nitrogens with one attached hydrogen (secondary N) is 8. The smallest absolute Gasteiger partial charge is 0.290 e. The second kappa shape index (κ2) is 47.0. The number of rotatable bonds is 24. The van der Waals surface area contributed by atoms with Crippen LogP contribution in [0.2, 0.25) is 5.02 Å². The van der Waals surface area contributed by atoms with Crippen LogP contribution in [0.4, 0.5) is 17.6 Å². The molecule has 16 rings (SSSR count). The zero-order valence-electron chi connectivity index (χ0n) is 78.4. The highest BCUT2D eigenvalue weighted by Gasteiger charge is 2.33. The van der Waals surface area contributed by atoms with E-state index in [1.807, 2.05) is 98.6 Å². The highest BCUT2D eigenvalue weighted by atomic mass is 79.9. The normalized spacial score (nSPS) is 11.6. The van der Waals surface area contributed by atoms with Gasteiger partial charge in [-0.3, -0.25) is 76.4 Å². The van der Waals surface area contributed by atoms with Crippen LogP contribution in [-0.4, -0.2) is 116 Å². The molecule has 0 aromatic carbocycles. The summed E-state index contributed by atoms with van der Waals surface area (Å²) < 4.78 is 65.8. The Hall–Kier alpha value is -12.6. The number of H-pyrrole nitrogens is 8. The molecule has 0 unspecified atom stereocenters. The highest BCUT2D eigenvalue weighted by Crippen LogP contribution is 2.33. The molecular formula is C94H122BrClF4N24O8. The Kier molecular flexibility index (Phi) is 36.7. The molecule has 0 bridgehead atoms. The summed E-state index contributed by atoms with van der Waals surface area (Å²) in [7, 11) is 0. The van der Waals surface area contributed by atoms with E-state index >= 15 is 0 Å². The number of imidazole rings is 8. The number of aromatic amines is 8. The quantitative estimate of drug-likeness (QED) is 0.0206. The van der Waals surface area contributed by atoms with Gasteiger partial charge < -0.3 is 0 Å². The van der Waals surface area contributed by atoms with Crippen LogP contribution < -0.4 is 45.5 Å². The van der Waals surface area contributed by atoms with Crippen LogP contribution in [0.15, 0.2) is 141 Å². The number of alkyl halides is 3. The second-order valence-electron chi connectivity index (χ2n) is 32.1. The maximum absolute atomic E-state index is 13.1. The Morgan fingerprint density at radius 2 is 0.644 bits per heavy atom. The monoisotopic (exact) mass is 1900 g/mol. The number of terminal acetylenes is 1. The van der Waals surface area contributed by atoms with Gasteiger partial charge in [-0.2, -0.15) is 13.2 Å². The van der Waals surface area contributed by atoms with Gasteiger partial charge in [-0.15, -0.1) is 6.42 Å². The number of aryl methyl sites for hydroxylation is 3. The fourth-order valence-corrected chi connectivity index (χ4v) is 17.1. The van der Waals surface area contributed by atoms with E-state index in [1.54, 1.807) is 49.1 Å². The van der Waals surface area contributed by atoms with Crippen molar-refractivity contribution in [2.24, 2.45) is 0 Å². The minimum Gasteiger partial charge on any atom is -0.290 e. The second-order valence-corrected chi connectivity index (χ2v) is 33.4. The number of halogens is 6. The zero-order chi connectivity index (χ0) is 96.9. The number of hydrogen-bond acceptors (Lipinski definition) is 16. The lowest BCUT2D eigenvalue weighted by Crippen LogP contribution is -2.21. The molecule has 16 heterocycles. The van der Waals surface area contributed by atoms with Crippen LogP contribution in [0.3, 0.4) is 0 Å². The van der Waals surface area contributed by atoms with Crippen molar-refractivity contribution < 1.29 is 17.6 Å². The maximum atomic E-state index is 13.1. The van der Waals surface area contributed by atoms with Gasteiger partial charge in [0.05, 0.1) is 60.9 Å². The Labute approximate surface area is 772 Å². The fourth-order valence-electron chi connectivity index (χ4n) is 16.6. The van der Waals surface area contributed by atoms with E-state index in [4.69, 9.17) is 18.0 Å². The molecule has 8 N–H and O–H groups in total. The average Bonchev–Trinajstić information content (AvgIpc) is 1.64. The molecule has 0 radical (unpaired) electrons. The maximum Gasteiger partial charge on any atom is 0.417 e. The summed E-state index contributed by atoms with van der Waals surface area (Å²) in [5.41, 5.74) is 12.4. The molecule has 0 fully saturated rings. The molecule has 708 valence electrons. The van der Waals surface area contributed by atoms with Gasteiger partial charge in [0, 0.05) is 107 Å². The summed E-state index contributed by atoms with van der Waals surface area (Å²) in [5, 5.41) is 0.547. The van der Waals surface area contributed by atoms with Gasteiger partial charge in [-0.25, -0.2) is 82.6 Å². The summed E-state index contributed by atoms with van der Waals surface area (Å²) in [5.74, 6) is 2.11. The van der Waals surface area contributed by atoms with Gasteiger partial charge in [0.25, 0.3) is 0 Å². The van der Waals surface area contributed by atoms with E-state index in [2.05, 4.69) is 185 Å². The Bertz CT molecular complexity index is 6700. The third-order valence-corrected chi connectivity index (χ3v) is 24.7. The number of fused-ring (bicyclic) bond motifs is 8. The molecule has 0 atom stereocenters. The fraction of sp³-hybridized carbons (Fsp3) is 0.468. The molecule has 38 heteroatoms. The van der Waals surface area contributed by atoms with Crippen molar-refractivity contribution in [3.63, 3.8) is 0 Å². The molecule has 0 spiro atoms. The Morgan fingerprint density at radius 3 is 1.02 bits per heavy atom. The number of nitrogens with zero attached hydrogens (tertiary/aromatic N) is 16. The highest BCUT2D eigenvalue weighted by molar-refractivity contribution is 9.10. The van der Waals surface area contributed by atoms with Crippen LogP contribution in [0.25, 0.3) is 89.3 Å². The van der Waals surface area contributed by atoms with Crippen molar-refractivity contribution in [1.29, 1.82) is 0 Å². The van der Waals surface area contributed by atoms with Gasteiger partial charge in [-0.05, 0) is 199 Å². The van der Waals surface area contributed by atoms with Crippen molar-refractivity contribution >= 4 is 117 Å². The van der Waals surface area contributed by atoms with Crippen molar-refractivity contribution in [2.75, 3.05) is 0 Å². The summed E-state index contributed by atoms with van der Waals surface area (Å²) in [6.07, 6.45) is 25.3. The van der Waals surface area contributed by atoms with Crippen LogP contribution >= 0.6 is 27.5 Å². The molecule has 16 aromatic rings. The summed E-state index contributed by atoms with van der Waals surface area (Å²) in [6, 6.07) is 17.0. The third kappa shape index (κ3) is 23.5. The first-order valence-corrected chi connectivity index (χ1v) is 46.5. The average molecular weight is 1910 g/mol. The minimum atomic E-state index is -4.47. The lowest BCUT2D eigenvalue weighted by Gasteiger charge is -2.14. The van der Waals surface area contributed by atoms with Crippen LogP contribution in [0.1, 0.15) is 290 Å². The first-order valence-electron chi connectivity index (χ1n) is 45.3. The first kappa shape index (κ1) is 103. The van der Waals surface area contributed by atoms with Crippen molar-refractivity contribution in [3.05, 3.63) is 225 Å². The Morgan fingerprint density at radius 1 is 0.356 bits per heavy atom. The molecule has 0 amide bonds. The van der Waals surface area contributed by atoms with Gasteiger partial charge in [0.2, 0.25) is 0 Å². The van der Waals surface area contributed by atoms with E-state index < -0.39 is 23.2 Å². The zero-order valence-corrected chi connectivity index (χ0v) is 80.8. The van der Waals surface area contributed by atoms with E-state index in [0.717, 1.165) is 163 Å². The molecule has 0 aliphatic carbocycles. The van der Waals surface area contributed by atoms with Crippen molar-refractivity contribution in [3.8, 4) is 12.3 Å². The van der Waals surface area contributed by atoms with E-state index in [9.17, 15) is 55.9 Å². The predicted molar refractivity (Wildman–Crippen MR) is 520 cm³/mol. The topological polar surface area (TPSA) is 405 Å². The van der Waals surface area contributed by atoms with E-state index in [1.165, 1.54) is 16.8 Å². The summed E-state index contributed by atoms with van der Waals surface area (Å²) in [6.45, 7) is 38.8. The summed E-state index contributed by atoms with van der Waals surface area (Å²) in [4.78, 5) is 149. The van der Waals surface area contributed by atoms with Gasteiger partial charge in [0.1, 0.15) is 5.82 Å². The molecule has 16 aromatic heterocycles. The molecule has 0 saturated carbocycles. The van der Waals surface area contributed by atoms with Gasteiger partial charge in [-0.1, -0.05) is 128 Å². The molecule has 132 heavy (non-hydrogen) atoms. The van der Waals surface area contributed by atoms with Gasteiger partial charge in [0.15, 0.2) is 45.2 Å². The van der Waals surface area contributed by atoms with Crippen molar-refractivity contribution in [2.45, 2.75) is 289 Å². The number of hydrogen-bond donors (Lipinski definition) is 8. The molecule has 0 saturated heterocycles. The van der Waals surface area contributed by atoms with Crippen LogP contribution in [0, 0.1) is 38.9 Å². The lowest BCUT2D eigenvalue weighted by molar-refractivity contribution is -0.137. The van der Waals surface area contributed by atoms with Crippen LogP contribution in [-0.2, 0) is 6.18 Å². The molecule has 0 aliphatic rings. The SMILES string of the molecule is C#Cc1cnc2[nH]c(=O)n(C(CC)CC)c2c1.CCC(CC)n1c(=O)[nH]c2nc(C)c(C)cc21.CCC(CC)n1c(=O)[nH]c2ncc(Br)cc21.CCC(CC)n1c(=O)[nH]c2ncc(C(F)(F)F)cc21.CCC(CC)n1c(=O)[nH]c2ncc(C)cc21.CCC(CC)n1c(=O)[nH]c2ncc(Cl)cc21.CCC(CC)n1c(=O)[nH]c2ncc(F)cc21.CCC(CC)n1c(=O)[nH]c2ncccc21. The standard InChI is InChI=1S/C13H19N3O.C13H15N3O.C12H14F3N3O.C12H17N3O.C11H14BrN3O.C11H14ClN3O.C11H14FN3O.C11H15N3O/c1-5-10(6-2)16-11-7-8(3)9(4)14-12(11)15-13(16)17;1-4-9-7-11-12(14-8-9)15-13(17)16(11)10(5-2)6-3;1-3-8(4-2)18-9-5-7(12(13,14)15)6-16-10(9)17-11(18)19;1-4-9(5-2)15-10-6-8(3)7-13-11(10)14-12(15)16;3*1-3-8(4-2)15-9-5-7(12)6-13-10(9)14-11(15)16;1-3-8(4-2)14-9-6-5-7-12-10(9)13-11(14)15/h7,10H,5-6H2,1-4H3,(H,14,15,17);1,7-8,10H,5-6H2,2-3H3,(H,14,15,17);5-6,8H,3-4H2,1-2H3,(H,16,17,19);6-7,9H,4-5H2,1-3H3,(H,13,14,16);3*5-6,8H,3-4H2,1-2H3,(H,13,14,16);5-8H,3-4H2,1-2H3,(H,12,13,15). The Balaban J connectivity index is 0.000000170. The molecular weight excluding hydrogens is 1780 g/mol. The predicted octanol–water partition coefficient (Wildman–Crippen LogP) is 20.2. The largest absolute Gasteiger partial charge is 0.417 e. The molecule has 32 nitrogen and oxygen atoms in total. The molecule has 0 aliphatic heterocycles. The van der Waals surface area contributed by atoms with Gasteiger partial charge >= 0.3 is 51.7 Å². The number of aromatic nitrogens is 24. The van der Waals surface area contributed by atoms with Crippen molar-refractivity contribution in [1.82, 2.24) is 116 Å². The first-order chi connectivity index (χ1) is 63.1. The van der Waals surface area contributed by atoms with E-state index in [0.29, 0.717) is 68.5 Å². The summed E-state index contributed by atoms with van der Waals surface area (Å²) >= 11 is 9.28. The lowest BCUT2D eigenvalue weighted by atomic mass is 10.1. The van der Waals surface area contributed by atoms with Crippen LogP contribution in [0.5, 0.6) is 0 Å².